The first-order valence-corrected chi connectivity index (χ1v) is 6.54. The molecule has 0 aliphatic heterocycles. The molecular weight excluding hydrogens is 238 g/mol. The predicted molar refractivity (Wildman–Crippen MR) is 77.3 cm³/mol. The lowest BCUT2D eigenvalue weighted by Gasteiger charge is -2.26. The number of nitriles is 1. The molecular formula is C16H23NO2. The Balaban J connectivity index is 5.03. The van der Waals surface area contributed by atoms with Gasteiger partial charge in [-0.25, -0.2) is 0 Å². The third kappa shape index (κ3) is 5.13. The monoisotopic (exact) mass is 261 g/mol. The predicted octanol–water partition coefficient (Wildman–Crippen LogP) is 3.94. The van der Waals surface area contributed by atoms with Crippen LogP contribution < -0.4 is 0 Å². The summed E-state index contributed by atoms with van der Waals surface area (Å²) in [5.41, 5.74) is 0.384. The summed E-state index contributed by atoms with van der Waals surface area (Å²) < 4.78 is 4.62. The summed E-state index contributed by atoms with van der Waals surface area (Å²) in [5, 5.41) is 9.55. The van der Waals surface area contributed by atoms with Crippen molar-refractivity contribution in [3.8, 4) is 6.07 Å². The van der Waals surface area contributed by atoms with E-state index in [9.17, 15) is 10.1 Å². The molecule has 1 atom stereocenters. The summed E-state index contributed by atoms with van der Waals surface area (Å²) in [4.78, 5) is 11.1. The molecule has 0 rings (SSSR count). The molecule has 0 spiro atoms. The number of hydrogen-bond acceptors (Lipinski definition) is 3. The maximum atomic E-state index is 11.1. The van der Waals surface area contributed by atoms with Crippen LogP contribution >= 0.6 is 0 Å². The second-order valence-corrected chi connectivity index (χ2v) is 4.33. The van der Waals surface area contributed by atoms with Crippen molar-refractivity contribution in [3.05, 3.63) is 36.5 Å². The molecule has 0 aromatic rings. The standard InChI is InChI=1S/C16H23NO2/c1-5-9-14(10-6-2)16(7-3,13-17)12-8-11-15(18)19-4/h5-6,9-10H,1,7-8,11-12H2,2-4H3/b10-6-,14-9+. The second kappa shape index (κ2) is 9.16. The van der Waals surface area contributed by atoms with E-state index >= 15 is 0 Å². The fraction of sp³-hybridized carbons (Fsp3) is 0.500. The molecule has 0 aromatic heterocycles. The zero-order valence-corrected chi connectivity index (χ0v) is 12.1. The first kappa shape index (κ1) is 17.2. The van der Waals surface area contributed by atoms with E-state index in [2.05, 4.69) is 17.4 Å². The van der Waals surface area contributed by atoms with Crippen molar-refractivity contribution < 1.29 is 9.53 Å². The van der Waals surface area contributed by atoms with Gasteiger partial charge in [0.15, 0.2) is 0 Å². The van der Waals surface area contributed by atoms with Gasteiger partial charge in [0, 0.05) is 6.42 Å². The Morgan fingerprint density at radius 2 is 2.21 bits per heavy atom. The van der Waals surface area contributed by atoms with Crippen LogP contribution in [-0.4, -0.2) is 13.1 Å². The van der Waals surface area contributed by atoms with Gasteiger partial charge in [-0.3, -0.25) is 4.79 Å². The quantitative estimate of drug-likeness (QED) is 0.491. The number of esters is 1. The summed E-state index contributed by atoms with van der Waals surface area (Å²) >= 11 is 0. The number of nitrogens with zero attached hydrogens (tertiary/aromatic N) is 1. The normalized spacial score (nSPS) is 14.7. The highest BCUT2D eigenvalue weighted by molar-refractivity contribution is 5.69. The summed E-state index contributed by atoms with van der Waals surface area (Å²) in [5.74, 6) is -0.233. The number of rotatable bonds is 8. The third-order valence-corrected chi connectivity index (χ3v) is 3.23. The summed E-state index contributed by atoms with van der Waals surface area (Å²) in [6.07, 6.45) is 9.73. The minimum Gasteiger partial charge on any atom is -0.469 e. The molecule has 3 nitrogen and oxygen atoms in total. The minimum atomic E-state index is -0.561. The van der Waals surface area contributed by atoms with Crippen molar-refractivity contribution in [2.45, 2.75) is 39.5 Å². The number of ether oxygens (including phenoxy) is 1. The molecule has 0 N–H and O–H groups in total. The molecule has 19 heavy (non-hydrogen) atoms. The van der Waals surface area contributed by atoms with Crippen LogP contribution in [0, 0.1) is 16.7 Å². The van der Waals surface area contributed by atoms with E-state index in [1.165, 1.54) is 7.11 Å². The Kier molecular flexibility index (Phi) is 8.28. The Morgan fingerprint density at radius 1 is 1.53 bits per heavy atom. The fourth-order valence-electron chi connectivity index (χ4n) is 2.04. The zero-order chi connectivity index (χ0) is 14.7. The van der Waals surface area contributed by atoms with E-state index in [-0.39, 0.29) is 5.97 Å². The molecule has 104 valence electrons. The molecule has 0 aliphatic rings. The van der Waals surface area contributed by atoms with Crippen molar-refractivity contribution >= 4 is 5.97 Å². The number of carbonyl (C=O) groups excluding carboxylic acids is 1. The lowest BCUT2D eigenvalue weighted by Crippen LogP contribution is -2.20. The molecule has 0 aliphatic carbocycles. The van der Waals surface area contributed by atoms with Crippen LogP contribution in [0.2, 0.25) is 0 Å². The maximum Gasteiger partial charge on any atom is 0.305 e. The second-order valence-electron chi connectivity index (χ2n) is 4.33. The van der Waals surface area contributed by atoms with Crippen molar-refractivity contribution in [2.75, 3.05) is 7.11 Å². The lowest BCUT2D eigenvalue weighted by molar-refractivity contribution is -0.140. The highest BCUT2D eigenvalue weighted by atomic mass is 16.5. The molecule has 0 aromatic carbocycles. The number of carbonyl (C=O) groups is 1. The largest absolute Gasteiger partial charge is 0.469 e. The summed E-state index contributed by atoms with van der Waals surface area (Å²) in [7, 11) is 1.38. The van der Waals surface area contributed by atoms with Crippen LogP contribution in [0.5, 0.6) is 0 Å². The van der Waals surface area contributed by atoms with Crippen LogP contribution in [0.3, 0.4) is 0 Å². The number of allylic oxidation sites excluding steroid dienone is 5. The summed E-state index contributed by atoms with van der Waals surface area (Å²) in [6.45, 7) is 7.60. The summed E-state index contributed by atoms with van der Waals surface area (Å²) in [6, 6.07) is 2.41. The smallest absolute Gasteiger partial charge is 0.305 e. The Labute approximate surface area is 116 Å². The Morgan fingerprint density at radius 3 is 2.63 bits per heavy atom. The van der Waals surface area contributed by atoms with Gasteiger partial charge in [0.25, 0.3) is 0 Å². The van der Waals surface area contributed by atoms with E-state index in [1.54, 1.807) is 6.08 Å². The number of methoxy groups -OCH3 is 1. The minimum absolute atomic E-state index is 0.233. The first-order valence-electron chi connectivity index (χ1n) is 6.54. The molecule has 0 heterocycles. The third-order valence-electron chi connectivity index (χ3n) is 3.23. The van der Waals surface area contributed by atoms with Gasteiger partial charge in [-0.05, 0) is 31.8 Å². The van der Waals surface area contributed by atoms with Crippen molar-refractivity contribution in [2.24, 2.45) is 5.41 Å². The highest BCUT2D eigenvalue weighted by Crippen LogP contribution is 2.37. The van der Waals surface area contributed by atoms with E-state index < -0.39 is 5.41 Å². The van der Waals surface area contributed by atoms with Gasteiger partial charge in [0.2, 0.25) is 0 Å². The van der Waals surface area contributed by atoms with Gasteiger partial charge in [-0.1, -0.05) is 37.8 Å². The molecule has 0 radical (unpaired) electrons. The SMILES string of the molecule is C=C/C=C(\C=C/C)C(C#N)(CC)CCCC(=O)OC. The van der Waals surface area contributed by atoms with Gasteiger partial charge in [-0.2, -0.15) is 5.26 Å². The molecule has 0 bridgehead atoms. The van der Waals surface area contributed by atoms with Crippen LogP contribution in [0.25, 0.3) is 0 Å². The molecule has 0 amide bonds. The maximum absolute atomic E-state index is 11.1. The molecule has 1 unspecified atom stereocenters. The molecule has 0 fully saturated rings. The van der Waals surface area contributed by atoms with Gasteiger partial charge >= 0.3 is 5.97 Å². The fourth-order valence-corrected chi connectivity index (χ4v) is 2.04. The van der Waals surface area contributed by atoms with E-state index in [0.29, 0.717) is 25.7 Å². The first-order chi connectivity index (χ1) is 9.10. The highest BCUT2D eigenvalue weighted by Gasteiger charge is 2.30. The van der Waals surface area contributed by atoms with Gasteiger partial charge in [0.05, 0.1) is 18.6 Å². The van der Waals surface area contributed by atoms with E-state index in [4.69, 9.17) is 0 Å². The van der Waals surface area contributed by atoms with E-state index in [1.807, 2.05) is 32.1 Å². The number of hydrogen-bond donors (Lipinski definition) is 0. The molecule has 0 saturated carbocycles. The Hall–Kier alpha value is -1.82. The lowest BCUT2D eigenvalue weighted by atomic mass is 9.74. The zero-order valence-electron chi connectivity index (χ0n) is 12.1. The molecule has 3 heteroatoms. The van der Waals surface area contributed by atoms with E-state index in [0.717, 1.165) is 5.57 Å². The van der Waals surface area contributed by atoms with Crippen LogP contribution in [0.15, 0.2) is 36.5 Å². The van der Waals surface area contributed by atoms with Crippen molar-refractivity contribution in [1.82, 2.24) is 0 Å². The Bertz CT molecular complexity index is 401. The van der Waals surface area contributed by atoms with Crippen molar-refractivity contribution in [1.29, 1.82) is 5.26 Å². The average Bonchev–Trinajstić information content (AvgIpc) is 2.43. The van der Waals surface area contributed by atoms with Crippen LogP contribution in [0.4, 0.5) is 0 Å². The van der Waals surface area contributed by atoms with Gasteiger partial charge < -0.3 is 4.74 Å². The topological polar surface area (TPSA) is 50.1 Å². The van der Waals surface area contributed by atoms with Crippen LogP contribution in [0.1, 0.15) is 39.5 Å². The van der Waals surface area contributed by atoms with Crippen LogP contribution in [-0.2, 0) is 9.53 Å². The van der Waals surface area contributed by atoms with Gasteiger partial charge in [-0.15, -0.1) is 0 Å². The van der Waals surface area contributed by atoms with Crippen molar-refractivity contribution in [3.63, 3.8) is 0 Å². The molecule has 0 saturated heterocycles. The average molecular weight is 261 g/mol. The van der Waals surface area contributed by atoms with Gasteiger partial charge in [0.1, 0.15) is 0 Å².